The fourth-order valence-corrected chi connectivity index (χ4v) is 2.12. The summed E-state index contributed by atoms with van der Waals surface area (Å²) in [7, 11) is 3.37. The Morgan fingerprint density at radius 1 is 1.00 bits per heavy atom. The molecule has 4 N–H and O–H groups in total. The molecule has 25 heavy (non-hydrogen) atoms. The normalized spacial score (nSPS) is 10.6. The van der Waals surface area contributed by atoms with Gasteiger partial charge in [0, 0.05) is 25.7 Å². The van der Waals surface area contributed by atoms with Crippen molar-refractivity contribution in [3.8, 4) is 5.75 Å². The number of aliphatic imine (C=N–C) groups is 1. The number of rotatable bonds is 6. The lowest BCUT2D eigenvalue weighted by Crippen LogP contribution is -2.36. The average Bonchev–Trinajstić information content (AvgIpc) is 2.62. The van der Waals surface area contributed by atoms with Crippen LogP contribution in [0.4, 0.5) is 0 Å². The van der Waals surface area contributed by atoms with E-state index in [0.717, 1.165) is 16.9 Å². The number of carbonyl (C=O) groups is 1. The molecular formula is C18H23IN4O2. The van der Waals surface area contributed by atoms with Gasteiger partial charge < -0.3 is 21.1 Å². The maximum atomic E-state index is 11.1. The molecular weight excluding hydrogens is 431 g/mol. The summed E-state index contributed by atoms with van der Waals surface area (Å²) in [5, 5.41) is 6.47. The molecule has 0 unspecified atom stereocenters. The van der Waals surface area contributed by atoms with Gasteiger partial charge in [0.15, 0.2) is 5.96 Å². The van der Waals surface area contributed by atoms with Crippen LogP contribution >= 0.6 is 24.0 Å². The predicted octanol–water partition coefficient (Wildman–Crippen LogP) is 2.28. The first-order valence-corrected chi connectivity index (χ1v) is 7.58. The second kappa shape index (κ2) is 10.5. The van der Waals surface area contributed by atoms with E-state index in [1.54, 1.807) is 26.3 Å². The van der Waals surface area contributed by atoms with Crippen LogP contribution in [0.5, 0.6) is 5.75 Å². The van der Waals surface area contributed by atoms with Crippen LogP contribution in [0, 0.1) is 0 Å². The lowest BCUT2D eigenvalue weighted by Gasteiger charge is -2.12. The first-order chi connectivity index (χ1) is 11.6. The largest absolute Gasteiger partial charge is 0.497 e. The van der Waals surface area contributed by atoms with Gasteiger partial charge in [-0.3, -0.25) is 9.79 Å². The number of ether oxygens (including phenoxy) is 1. The third-order valence-electron chi connectivity index (χ3n) is 3.54. The van der Waals surface area contributed by atoms with Crippen LogP contribution in [0.25, 0.3) is 0 Å². The number of hydrogen-bond donors (Lipinski definition) is 3. The van der Waals surface area contributed by atoms with Gasteiger partial charge in [0.25, 0.3) is 0 Å². The molecule has 0 aromatic heterocycles. The number of methoxy groups -OCH3 is 1. The lowest BCUT2D eigenvalue weighted by atomic mass is 10.1. The summed E-state index contributed by atoms with van der Waals surface area (Å²) < 4.78 is 5.14. The molecule has 0 bridgehead atoms. The van der Waals surface area contributed by atoms with Crippen molar-refractivity contribution in [1.82, 2.24) is 10.6 Å². The minimum atomic E-state index is -0.425. The molecule has 0 aliphatic heterocycles. The van der Waals surface area contributed by atoms with Gasteiger partial charge in [0.2, 0.25) is 5.91 Å². The van der Waals surface area contributed by atoms with E-state index in [-0.39, 0.29) is 24.0 Å². The zero-order valence-electron chi connectivity index (χ0n) is 14.3. The summed E-state index contributed by atoms with van der Waals surface area (Å²) in [6.07, 6.45) is 0. The molecule has 0 spiro atoms. The van der Waals surface area contributed by atoms with E-state index in [4.69, 9.17) is 10.5 Å². The monoisotopic (exact) mass is 454 g/mol. The van der Waals surface area contributed by atoms with Crippen molar-refractivity contribution in [3.63, 3.8) is 0 Å². The number of halogens is 1. The van der Waals surface area contributed by atoms with Crippen LogP contribution in [0.3, 0.4) is 0 Å². The summed E-state index contributed by atoms with van der Waals surface area (Å²) in [6.45, 7) is 1.26. The van der Waals surface area contributed by atoms with E-state index >= 15 is 0 Å². The summed E-state index contributed by atoms with van der Waals surface area (Å²) >= 11 is 0. The summed E-state index contributed by atoms with van der Waals surface area (Å²) in [6, 6.07) is 15.0. The molecule has 0 saturated heterocycles. The minimum Gasteiger partial charge on any atom is -0.497 e. The van der Waals surface area contributed by atoms with Crippen molar-refractivity contribution < 1.29 is 9.53 Å². The Morgan fingerprint density at radius 3 is 1.88 bits per heavy atom. The highest BCUT2D eigenvalue weighted by Crippen LogP contribution is 2.10. The maximum Gasteiger partial charge on any atom is 0.248 e. The molecule has 7 heteroatoms. The lowest BCUT2D eigenvalue weighted by molar-refractivity contribution is 0.100. The second-order valence-corrected chi connectivity index (χ2v) is 5.19. The molecule has 2 aromatic rings. The molecule has 0 aliphatic carbocycles. The molecule has 1 amide bonds. The Kier molecular flexibility index (Phi) is 8.76. The van der Waals surface area contributed by atoms with E-state index in [1.807, 2.05) is 36.4 Å². The third kappa shape index (κ3) is 6.61. The smallest absolute Gasteiger partial charge is 0.248 e. The molecule has 0 fully saturated rings. The number of guanidine groups is 1. The summed E-state index contributed by atoms with van der Waals surface area (Å²) in [5.74, 6) is 1.11. The SMILES string of the molecule is CN=C(NCc1ccc(OC)cc1)NCc1ccc(C(N)=O)cc1.I. The second-order valence-electron chi connectivity index (χ2n) is 5.19. The van der Waals surface area contributed by atoms with Gasteiger partial charge in [-0.05, 0) is 35.4 Å². The Balaban J connectivity index is 0.00000312. The van der Waals surface area contributed by atoms with Crippen molar-refractivity contribution in [2.45, 2.75) is 13.1 Å². The highest BCUT2D eigenvalue weighted by molar-refractivity contribution is 14.0. The molecule has 6 nitrogen and oxygen atoms in total. The quantitative estimate of drug-likeness (QED) is 0.355. The number of primary amides is 1. The number of nitrogens with zero attached hydrogens (tertiary/aromatic N) is 1. The van der Waals surface area contributed by atoms with Crippen molar-refractivity contribution in [2.24, 2.45) is 10.7 Å². The van der Waals surface area contributed by atoms with E-state index in [1.165, 1.54) is 0 Å². The molecule has 0 atom stereocenters. The van der Waals surface area contributed by atoms with Crippen LogP contribution in [0.2, 0.25) is 0 Å². The summed E-state index contributed by atoms with van der Waals surface area (Å²) in [5.41, 5.74) is 7.89. The average molecular weight is 454 g/mol. The van der Waals surface area contributed by atoms with E-state index in [2.05, 4.69) is 15.6 Å². The number of nitrogens with one attached hydrogen (secondary N) is 2. The molecule has 0 heterocycles. The van der Waals surface area contributed by atoms with E-state index < -0.39 is 5.91 Å². The van der Waals surface area contributed by atoms with Gasteiger partial charge >= 0.3 is 0 Å². The predicted molar refractivity (Wildman–Crippen MR) is 110 cm³/mol. The zero-order chi connectivity index (χ0) is 17.4. The first-order valence-electron chi connectivity index (χ1n) is 7.58. The topological polar surface area (TPSA) is 88.7 Å². The maximum absolute atomic E-state index is 11.1. The van der Waals surface area contributed by atoms with Crippen LogP contribution in [0.15, 0.2) is 53.5 Å². The number of amides is 1. The van der Waals surface area contributed by atoms with Gasteiger partial charge in [-0.15, -0.1) is 24.0 Å². The minimum absolute atomic E-state index is 0. The van der Waals surface area contributed by atoms with E-state index in [0.29, 0.717) is 24.6 Å². The molecule has 134 valence electrons. The highest BCUT2D eigenvalue weighted by atomic mass is 127. The summed E-state index contributed by atoms with van der Waals surface area (Å²) in [4.78, 5) is 15.2. The Labute approximate surface area is 164 Å². The highest BCUT2D eigenvalue weighted by Gasteiger charge is 2.02. The number of carbonyl (C=O) groups excluding carboxylic acids is 1. The molecule has 0 aliphatic rings. The first kappa shape index (κ1) is 20.8. The van der Waals surface area contributed by atoms with Crippen molar-refractivity contribution in [3.05, 3.63) is 65.2 Å². The Morgan fingerprint density at radius 2 is 1.48 bits per heavy atom. The van der Waals surface area contributed by atoms with Gasteiger partial charge in [-0.1, -0.05) is 24.3 Å². The van der Waals surface area contributed by atoms with Crippen LogP contribution < -0.4 is 21.1 Å². The van der Waals surface area contributed by atoms with Crippen molar-refractivity contribution in [2.75, 3.05) is 14.2 Å². The van der Waals surface area contributed by atoms with Crippen molar-refractivity contribution >= 4 is 35.8 Å². The van der Waals surface area contributed by atoms with Crippen LogP contribution in [-0.4, -0.2) is 26.0 Å². The van der Waals surface area contributed by atoms with Gasteiger partial charge in [0.1, 0.15) is 5.75 Å². The fourth-order valence-electron chi connectivity index (χ4n) is 2.12. The Bertz CT molecular complexity index is 700. The number of hydrogen-bond acceptors (Lipinski definition) is 3. The molecule has 0 saturated carbocycles. The molecule has 2 rings (SSSR count). The van der Waals surface area contributed by atoms with E-state index in [9.17, 15) is 4.79 Å². The molecule has 2 aromatic carbocycles. The number of nitrogens with two attached hydrogens (primary N) is 1. The Hall–Kier alpha value is -2.29. The van der Waals surface area contributed by atoms with Gasteiger partial charge in [0.05, 0.1) is 7.11 Å². The van der Waals surface area contributed by atoms with Crippen LogP contribution in [0.1, 0.15) is 21.5 Å². The van der Waals surface area contributed by atoms with Crippen LogP contribution in [-0.2, 0) is 13.1 Å². The van der Waals surface area contributed by atoms with Gasteiger partial charge in [-0.2, -0.15) is 0 Å². The van der Waals surface area contributed by atoms with Gasteiger partial charge in [-0.25, -0.2) is 0 Å². The fraction of sp³-hybridized carbons (Fsp3) is 0.222. The number of benzene rings is 2. The zero-order valence-corrected chi connectivity index (χ0v) is 16.6. The molecule has 0 radical (unpaired) electrons. The van der Waals surface area contributed by atoms with Crippen molar-refractivity contribution in [1.29, 1.82) is 0 Å². The third-order valence-corrected chi connectivity index (χ3v) is 3.54. The standard InChI is InChI=1S/C18H22N4O2.HI/c1-20-18(22-12-14-5-9-16(24-2)10-6-14)21-11-13-3-7-15(8-4-13)17(19)23;/h3-10H,11-12H2,1-2H3,(H2,19,23)(H2,20,21,22);1H.